The van der Waals surface area contributed by atoms with Gasteiger partial charge in [-0.3, -0.25) is 4.31 Å². The third kappa shape index (κ3) is 4.87. The molecule has 168 valence electrons. The zero-order valence-corrected chi connectivity index (χ0v) is 19.7. The maximum absolute atomic E-state index is 13.7. The quantitative estimate of drug-likeness (QED) is 0.418. The predicted molar refractivity (Wildman–Crippen MR) is 128 cm³/mol. The molecule has 3 aromatic rings. The monoisotopic (exact) mass is 479 g/mol. The number of allylic oxidation sites excluding steroid dienone is 1. The minimum absolute atomic E-state index is 0.135. The third-order valence-electron chi connectivity index (χ3n) is 5.31. The number of rotatable bonds is 5. The van der Waals surface area contributed by atoms with Crippen LogP contribution in [-0.2, 0) is 14.8 Å². The zero-order chi connectivity index (χ0) is 23.6. The Morgan fingerprint density at radius 3 is 2.18 bits per heavy atom. The number of halogens is 1. The second-order valence-corrected chi connectivity index (χ2v) is 10.1. The molecule has 0 N–H and O–H groups in total. The highest BCUT2D eigenvalue weighted by Crippen LogP contribution is 2.38. The van der Waals surface area contributed by atoms with Crippen molar-refractivity contribution in [3.05, 3.63) is 124 Å². The van der Waals surface area contributed by atoms with E-state index in [0.29, 0.717) is 10.6 Å². The summed E-state index contributed by atoms with van der Waals surface area (Å²) in [5, 5.41) is 0.500. The van der Waals surface area contributed by atoms with Crippen molar-refractivity contribution < 1.29 is 17.9 Å². The van der Waals surface area contributed by atoms with Crippen LogP contribution in [0.4, 0.5) is 0 Å². The van der Waals surface area contributed by atoms with Gasteiger partial charge in [-0.2, -0.15) is 0 Å². The molecule has 0 aromatic heterocycles. The van der Waals surface area contributed by atoms with E-state index in [-0.39, 0.29) is 10.7 Å². The van der Waals surface area contributed by atoms with E-state index in [1.54, 1.807) is 54.6 Å². The molecule has 1 aliphatic rings. The number of hydrogen-bond donors (Lipinski definition) is 0. The second kappa shape index (κ2) is 9.25. The molecule has 0 amide bonds. The minimum atomic E-state index is -3.94. The molecule has 0 saturated carbocycles. The van der Waals surface area contributed by atoms with Crippen molar-refractivity contribution in [1.82, 2.24) is 4.31 Å². The highest BCUT2D eigenvalue weighted by Gasteiger charge is 2.34. The SMILES string of the molecule is CC1=CC(OC(=O)c2ccc(Cl)cc2)=CN(S(=O)(=O)c2ccc(C)cc2)C1c1ccccc1. The van der Waals surface area contributed by atoms with Gasteiger partial charge >= 0.3 is 5.97 Å². The number of nitrogens with zero attached hydrogens (tertiary/aromatic N) is 1. The molecule has 0 fully saturated rings. The van der Waals surface area contributed by atoms with E-state index >= 15 is 0 Å². The van der Waals surface area contributed by atoms with Gasteiger partial charge in [0, 0.05) is 5.02 Å². The van der Waals surface area contributed by atoms with Crippen molar-refractivity contribution in [2.75, 3.05) is 0 Å². The Bertz CT molecular complexity index is 1330. The van der Waals surface area contributed by atoms with Crippen LogP contribution in [-0.4, -0.2) is 18.7 Å². The van der Waals surface area contributed by atoms with Crippen LogP contribution in [0, 0.1) is 6.92 Å². The molecule has 1 unspecified atom stereocenters. The predicted octanol–water partition coefficient (Wildman–Crippen LogP) is 6.04. The lowest BCUT2D eigenvalue weighted by atomic mass is 9.97. The van der Waals surface area contributed by atoms with Gasteiger partial charge in [0.1, 0.15) is 5.76 Å². The first kappa shape index (κ1) is 22.8. The molecule has 1 atom stereocenters. The van der Waals surface area contributed by atoms with Crippen molar-refractivity contribution in [1.29, 1.82) is 0 Å². The van der Waals surface area contributed by atoms with Crippen molar-refractivity contribution in [3.8, 4) is 0 Å². The Morgan fingerprint density at radius 2 is 1.55 bits per heavy atom. The number of sulfonamides is 1. The molecule has 1 aliphatic heterocycles. The summed E-state index contributed by atoms with van der Waals surface area (Å²) in [5.74, 6) is -0.469. The highest BCUT2D eigenvalue weighted by molar-refractivity contribution is 7.89. The molecular formula is C26H22ClNO4S. The van der Waals surface area contributed by atoms with E-state index in [9.17, 15) is 13.2 Å². The molecule has 33 heavy (non-hydrogen) atoms. The van der Waals surface area contributed by atoms with Gasteiger partial charge < -0.3 is 4.74 Å². The van der Waals surface area contributed by atoms with Gasteiger partial charge in [-0.05, 0) is 67.5 Å². The summed E-state index contributed by atoms with van der Waals surface area (Å²) in [6, 6.07) is 21.7. The molecule has 1 heterocycles. The van der Waals surface area contributed by atoms with E-state index in [4.69, 9.17) is 16.3 Å². The summed E-state index contributed by atoms with van der Waals surface area (Å²) in [6.07, 6.45) is 3.06. The number of carbonyl (C=O) groups is 1. The summed E-state index contributed by atoms with van der Waals surface area (Å²) in [7, 11) is -3.94. The molecule has 0 aliphatic carbocycles. The lowest BCUT2D eigenvalue weighted by Gasteiger charge is -2.34. The number of carbonyl (C=O) groups excluding carboxylic acids is 1. The molecular weight excluding hydrogens is 458 g/mol. The highest BCUT2D eigenvalue weighted by atomic mass is 35.5. The van der Waals surface area contributed by atoms with Gasteiger partial charge in [-0.25, -0.2) is 13.2 Å². The minimum Gasteiger partial charge on any atom is -0.421 e. The van der Waals surface area contributed by atoms with Gasteiger partial charge in [-0.1, -0.05) is 59.6 Å². The van der Waals surface area contributed by atoms with Crippen LogP contribution in [0.25, 0.3) is 0 Å². The molecule has 0 bridgehead atoms. The standard InChI is InChI=1S/C26H22ClNO4S/c1-18-8-14-24(15-9-18)33(30,31)28-17-23(32-26(29)21-10-12-22(27)13-11-21)16-19(2)25(28)20-6-4-3-5-7-20/h3-17,25H,1-2H3. The largest absolute Gasteiger partial charge is 0.421 e. The van der Waals surface area contributed by atoms with Crippen LogP contribution in [0.1, 0.15) is 34.5 Å². The van der Waals surface area contributed by atoms with E-state index < -0.39 is 22.0 Å². The van der Waals surface area contributed by atoms with Crippen molar-refractivity contribution in [2.45, 2.75) is 24.8 Å². The lowest BCUT2D eigenvalue weighted by Crippen LogP contribution is -2.34. The Morgan fingerprint density at radius 1 is 0.909 bits per heavy atom. The van der Waals surface area contributed by atoms with Gasteiger partial charge in [0.05, 0.1) is 22.7 Å². The summed E-state index contributed by atoms with van der Waals surface area (Å²) >= 11 is 5.89. The fourth-order valence-electron chi connectivity index (χ4n) is 3.63. The van der Waals surface area contributed by atoms with E-state index in [0.717, 1.165) is 16.7 Å². The normalized spacial score (nSPS) is 16.1. The van der Waals surface area contributed by atoms with Gasteiger partial charge in [0.25, 0.3) is 10.0 Å². The third-order valence-corrected chi connectivity index (χ3v) is 7.30. The second-order valence-electron chi connectivity index (χ2n) is 7.78. The average molecular weight is 480 g/mol. The lowest BCUT2D eigenvalue weighted by molar-refractivity contribution is 0.0630. The molecule has 3 aromatic carbocycles. The zero-order valence-electron chi connectivity index (χ0n) is 18.1. The first-order valence-corrected chi connectivity index (χ1v) is 12.1. The van der Waals surface area contributed by atoms with E-state index in [1.807, 2.05) is 44.2 Å². The smallest absolute Gasteiger partial charge is 0.343 e. The van der Waals surface area contributed by atoms with Crippen molar-refractivity contribution >= 4 is 27.6 Å². The number of hydrogen-bond acceptors (Lipinski definition) is 4. The summed E-state index contributed by atoms with van der Waals surface area (Å²) < 4.78 is 34.1. The Balaban J connectivity index is 1.75. The average Bonchev–Trinajstić information content (AvgIpc) is 2.80. The maximum Gasteiger partial charge on any atom is 0.343 e. The first-order valence-electron chi connectivity index (χ1n) is 10.3. The summed E-state index contributed by atoms with van der Waals surface area (Å²) in [6.45, 7) is 3.71. The van der Waals surface area contributed by atoms with Crippen LogP contribution in [0.3, 0.4) is 0 Å². The molecule has 0 radical (unpaired) electrons. The molecule has 0 saturated heterocycles. The molecule has 7 heteroatoms. The summed E-state index contributed by atoms with van der Waals surface area (Å²) in [5.41, 5.74) is 2.79. The fraction of sp³-hybridized carbons (Fsp3) is 0.115. The van der Waals surface area contributed by atoms with Gasteiger partial charge in [0.2, 0.25) is 0 Å². The molecule has 0 spiro atoms. The van der Waals surface area contributed by atoms with Crippen LogP contribution >= 0.6 is 11.6 Å². The van der Waals surface area contributed by atoms with Gasteiger partial charge in [0.15, 0.2) is 0 Å². The topological polar surface area (TPSA) is 63.7 Å². The van der Waals surface area contributed by atoms with Crippen LogP contribution in [0.5, 0.6) is 0 Å². The Hall–Kier alpha value is -3.35. The van der Waals surface area contributed by atoms with Crippen LogP contribution in [0.15, 0.2) is 107 Å². The first-order chi connectivity index (χ1) is 15.8. The number of benzene rings is 3. The van der Waals surface area contributed by atoms with E-state index in [1.165, 1.54) is 10.5 Å². The van der Waals surface area contributed by atoms with Crippen LogP contribution < -0.4 is 0 Å². The van der Waals surface area contributed by atoms with Crippen molar-refractivity contribution in [3.63, 3.8) is 0 Å². The fourth-order valence-corrected chi connectivity index (χ4v) is 5.29. The maximum atomic E-state index is 13.7. The number of esters is 1. The number of aryl methyl sites for hydroxylation is 1. The molecule has 4 rings (SSSR count). The molecule has 5 nitrogen and oxygen atoms in total. The van der Waals surface area contributed by atoms with Crippen molar-refractivity contribution in [2.24, 2.45) is 0 Å². The van der Waals surface area contributed by atoms with Crippen LogP contribution in [0.2, 0.25) is 5.02 Å². The Labute approximate surface area is 198 Å². The van der Waals surface area contributed by atoms with Gasteiger partial charge in [-0.15, -0.1) is 0 Å². The number of ether oxygens (including phenoxy) is 1. The Kier molecular flexibility index (Phi) is 6.40. The summed E-state index contributed by atoms with van der Waals surface area (Å²) in [4.78, 5) is 12.8. The van der Waals surface area contributed by atoms with E-state index in [2.05, 4.69) is 0 Å².